The molecule has 0 saturated heterocycles. The summed E-state index contributed by atoms with van der Waals surface area (Å²) in [6.07, 6.45) is 0. The Hall–Kier alpha value is -1.20. The molecule has 3 nitrogen and oxygen atoms in total. The molecule has 1 rings (SSSR count). The standard InChI is InChI=1S/C9H8ClF2NO2/c1-15-6-2-4(11)8(10)9(12)7(6)5(14)3-13/h2H,3,13H2,1H3. The number of ether oxygens (including phenoxy) is 1. The Morgan fingerprint density at radius 3 is 2.67 bits per heavy atom. The summed E-state index contributed by atoms with van der Waals surface area (Å²) in [6, 6.07) is 0.842. The number of Topliss-reactive ketones (excluding diaryl/α,β-unsaturated/α-hetero) is 1. The van der Waals surface area contributed by atoms with Crippen LogP contribution in [0.25, 0.3) is 0 Å². The first kappa shape index (κ1) is 11.9. The predicted octanol–water partition coefficient (Wildman–Crippen LogP) is 1.77. The minimum absolute atomic E-state index is 0.218. The zero-order chi connectivity index (χ0) is 11.6. The van der Waals surface area contributed by atoms with Crippen LogP contribution in [-0.4, -0.2) is 19.4 Å². The maximum atomic E-state index is 13.4. The molecular weight excluding hydrogens is 228 g/mol. The molecule has 82 valence electrons. The number of benzene rings is 1. The van der Waals surface area contributed by atoms with Crippen LogP contribution in [0.4, 0.5) is 8.78 Å². The highest BCUT2D eigenvalue weighted by Crippen LogP contribution is 2.30. The number of carbonyl (C=O) groups excluding carboxylic acids is 1. The highest BCUT2D eigenvalue weighted by atomic mass is 35.5. The molecule has 0 bridgehead atoms. The second kappa shape index (κ2) is 4.55. The molecule has 0 unspecified atom stereocenters. The van der Waals surface area contributed by atoms with Crippen LogP contribution in [0.5, 0.6) is 5.75 Å². The topological polar surface area (TPSA) is 52.3 Å². The summed E-state index contributed by atoms with van der Waals surface area (Å²) in [7, 11) is 1.19. The van der Waals surface area contributed by atoms with Crippen molar-refractivity contribution in [3.63, 3.8) is 0 Å². The summed E-state index contributed by atoms with van der Waals surface area (Å²) < 4.78 is 31.1. The Morgan fingerprint density at radius 1 is 1.60 bits per heavy atom. The van der Waals surface area contributed by atoms with Gasteiger partial charge in [0.1, 0.15) is 16.6 Å². The molecular formula is C9H8ClF2NO2. The van der Waals surface area contributed by atoms with Crippen LogP contribution in [0, 0.1) is 11.6 Å². The molecule has 1 aromatic carbocycles. The fourth-order valence-electron chi connectivity index (χ4n) is 1.10. The molecule has 0 fully saturated rings. The molecule has 0 aliphatic heterocycles. The van der Waals surface area contributed by atoms with Gasteiger partial charge in [-0.3, -0.25) is 4.79 Å². The zero-order valence-corrected chi connectivity index (χ0v) is 8.57. The van der Waals surface area contributed by atoms with E-state index in [2.05, 4.69) is 4.74 Å². The van der Waals surface area contributed by atoms with E-state index in [-0.39, 0.29) is 5.75 Å². The van der Waals surface area contributed by atoms with Crippen molar-refractivity contribution < 1.29 is 18.3 Å². The van der Waals surface area contributed by atoms with Crippen LogP contribution in [0.2, 0.25) is 5.02 Å². The number of ketones is 1. The van der Waals surface area contributed by atoms with Gasteiger partial charge in [-0.15, -0.1) is 0 Å². The van der Waals surface area contributed by atoms with E-state index in [4.69, 9.17) is 17.3 Å². The van der Waals surface area contributed by atoms with Crippen molar-refractivity contribution in [1.82, 2.24) is 0 Å². The highest BCUT2D eigenvalue weighted by molar-refractivity contribution is 6.31. The van der Waals surface area contributed by atoms with Gasteiger partial charge in [0.15, 0.2) is 11.6 Å². The third-order valence-electron chi connectivity index (χ3n) is 1.81. The summed E-state index contributed by atoms with van der Waals surface area (Å²) in [5.74, 6) is -3.06. The predicted molar refractivity (Wildman–Crippen MR) is 51.3 cm³/mol. The third kappa shape index (κ3) is 2.08. The van der Waals surface area contributed by atoms with E-state index in [1.807, 2.05) is 0 Å². The Bertz CT molecular complexity index is 410. The summed E-state index contributed by atoms with van der Waals surface area (Å²) in [5.41, 5.74) is 4.65. The van der Waals surface area contributed by atoms with E-state index in [1.165, 1.54) is 7.11 Å². The Labute approximate surface area is 89.8 Å². The molecule has 0 aromatic heterocycles. The molecule has 0 saturated carbocycles. The fourth-order valence-corrected chi connectivity index (χ4v) is 1.25. The van der Waals surface area contributed by atoms with Gasteiger partial charge in [-0.25, -0.2) is 8.78 Å². The minimum atomic E-state index is -1.15. The number of hydrogen-bond acceptors (Lipinski definition) is 3. The van der Waals surface area contributed by atoms with Gasteiger partial charge in [0.2, 0.25) is 0 Å². The molecule has 0 spiro atoms. The van der Waals surface area contributed by atoms with Crippen LogP contribution in [0.1, 0.15) is 10.4 Å². The first-order chi connectivity index (χ1) is 7.02. The summed E-state index contributed by atoms with van der Waals surface area (Å²) in [4.78, 5) is 11.3. The second-order valence-corrected chi connectivity index (χ2v) is 3.07. The van der Waals surface area contributed by atoms with Gasteiger partial charge < -0.3 is 10.5 Å². The zero-order valence-electron chi connectivity index (χ0n) is 7.81. The van der Waals surface area contributed by atoms with Gasteiger partial charge in [-0.05, 0) is 0 Å². The lowest BCUT2D eigenvalue weighted by Gasteiger charge is -2.09. The molecule has 2 N–H and O–H groups in total. The number of carbonyl (C=O) groups is 1. The van der Waals surface area contributed by atoms with Crippen molar-refractivity contribution in [1.29, 1.82) is 0 Å². The number of rotatable bonds is 3. The maximum absolute atomic E-state index is 13.4. The molecule has 0 heterocycles. The fraction of sp³-hybridized carbons (Fsp3) is 0.222. The number of hydrogen-bond donors (Lipinski definition) is 1. The Morgan fingerprint density at radius 2 is 2.20 bits per heavy atom. The summed E-state index contributed by atoms with van der Waals surface area (Å²) >= 11 is 5.31. The van der Waals surface area contributed by atoms with E-state index in [0.29, 0.717) is 0 Å². The van der Waals surface area contributed by atoms with Crippen molar-refractivity contribution in [2.24, 2.45) is 5.73 Å². The van der Waals surface area contributed by atoms with Gasteiger partial charge in [0.05, 0.1) is 19.2 Å². The van der Waals surface area contributed by atoms with Crippen LogP contribution >= 0.6 is 11.6 Å². The summed E-state index contributed by atoms with van der Waals surface area (Å²) in [5, 5.41) is -0.743. The number of nitrogens with two attached hydrogens (primary N) is 1. The molecule has 0 aliphatic rings. The van der Waals surface area contributed by atoms with Crippen LogP contribution < -0.4 is 10.5 Å². The lowest BCUT2D eigenvalue weighted by Crippen LogP contribution is -2.17. The lowest BCUT2D eigenvalue weighted by atomic mass is 10.1. The Kier molecular flexibility index (Phi) is 3.60. The molecule has 15 heavy (non-hydrogen) atoms. The second-order valence-electron chi connectivity index (χ2n) is 2.69. The van der Waals surface area contributed by atoms with Crippen LogP contribution in [-0.2, 0) is 0 Å². The summed E-state index contributed by atoms with van der Waals surface area (Å²) in [6.45, 7) is -0.407. The molecule has 0 radical (unpaired) electrons. The largest absolute Gasteiger partial charge is 0.496 e. The molecule has 0 amide bonds. The van der Waals surface area contributed by atoms with Crippen molar-refractivity contribution in [3.8, 4) is 5.75 Å². The number of methoxy groups -OCH3 is 1. The third-order valence-corrected chi connectivity index (χ3v) is 2.16. The smallest absolute Gasteiger partial charge is 0.183 e. The van der Waals surface area contributed by atoms with E-state index < -0.39 is 34.5 Å². The van der Waals surface area contributed by atoms with Gasteiger partial charge in [-0.1, -0.05) is 11.6 Å². The SMILES string of the molecule is COc1cc(F)c(Cl)c(F)c1C(=O)CN. The molecule has 0 aliphatic carbocycles. The van der Waals surface area contributed by atoms with Crippen molar-refractivity contribution in [3.05, 3.63) is 28.3 Å². The van der Waals surface area contributed by atoms with Gasteiger partial charge >= 0.3 is 0 Å². The quantitative estimate of drug-likeness (QED) is 0.642. The molecule has 1 aromatic rings. The monoisotopic (exact) mass is 235 g/mol. The Balaban J connectivity index is 3.47. The lowest BCUT2D eigenvalue weighted by molar-refractivity contribution is 0.0994. The van der Waals surface area contributed by atoms with Gasteiger partial charge in [-0.2, -0.15) is 0 Å². The van der Waals surface area contributed by atoms with E-state index in [0.717, 1.165) is 6.07 Å². The first-order valence-corrected chi connectivity index (χ1v) is 4.35. The average molecular weight is 236 g/mol. The van der Waals surface area contributed by atoms with E-state index >= 15 is 0 Å². The first-order valence-electron chi connectivity index (χ1n) is 3.97. The minimum Gasteiger partial charge on any atom is -0.496 e. The van der Waals surface area contributed by atoms with Crippen LogP contribution in [0.3, 0.4) is 0 Å². The maximum Gasteiger partial charge on any atom is 0.183 e. The van der Waals surface area contributed by atoms with Crippen LogP contribution in [0.15, 0.2) is 6.07 Å². The highest BCUT2D eigenvalue weighted by Gasteiger charge is 2.22. The van der Waals surface area contributed by atoms with Gasteiger partial charge in [0, 0.05) is 6.07 Å². The van der Waals surface area contributed by atoms with E-state index in [1.54, 1.807) is 0 Å². The molecule has 0 atom stereocenters. The average Bonchev–Trinajstić information content (AvgIpc) is 2.24. The molecule has 6 heteroatoms. The van der Waals surface area contributed by atoms with Gasteiger partial charge in [0.25, 0.3) is 0 Å². The van der Waals surface area contributed by atoms with Crippen molar-refractivity contribution in [2.75, 3.05) is 13.7 Å². The van der Waals surface area contributed by atoms with Crippen molar-refractivity contribution in [2.45, 2.75) is 0 Å². The van der Waals surface area contributed by atoms with E-state index in [9.17, 15) is 13.6 Å². The normalized spacial score (nSPS) is 10.2. The van der Waals surface area contributed by atoms with Crippen molar-refractivity contribution >= 4 is 17.4 Å². The number of halogens is 3.